The van der Waals surface area contributed by atoms with E-state index in [4.69, 9.17) is 32.7 Å². The fourth-order valence-electron chi connectivity index (χ4n) is 2.52. The number of aliphatic hydroxyl groups is 1. The Morgan fingerprint density at radius 1 is 1.17 bits per heavy atom. The summed E-state index contributed by atoms with van der Waals surface area (Å²) >= 11 is 13.2. The van der Waals surface area contributed by atoms with Gasteiger partial charge < -0.3 is 14.6 Å². The number of rotatable bonds is 5. The highest BCUT2D eigenvalue weighted by atomic mass is 35.5. The Hall–Kier alpha value is -2.41. The average Bonchev–Trinajstić information content (AvgIpc) is 3.00. The number of methoxy groups -OCH3 is 1. The van der Waals surface area contributed by atoms with E-state index in [1.165, 1.54) is 11.8 Å². The first-order chi connectivity index (χ1) is 13.9. The van der Waals surface area contributed by atoms with Gasteiger partial charge in [-0.25, -0.2) is 9.79 Å². The molecule has 29 heavy (non-hydrogen) atoms. The number of halogens is 2. The molecule has 0 radical (unpaired) electrons. The SMILES string of the molecule is CCOC(=O)C1=C(O)/C(=C/c2ccc(OC)cc2)SC1=Nc1ccc(Cl)c(Cl)c1. The van der Waals surface area contributed by atoms with Crippen LogP contribution in [0.15, 0.2) is 63.7 Å². The predicted octanol–water partition coefficient (Wildman–Crippen LogP) is 6.20. The summed E-state index contributed by atoms with van der Waals surface area (Å²) in [4.78, 5) is 17.4. The maximum Gasteiger partial charge on any atom is 0.344 e. The van der Waals surface area contributed by atoms with Crippen LogP contribution in [0.3, 0.4) is 0 Å². The van der Waals surface area contributed by atoms with Gasteiger partial charge in [-0.2, -0.15) is 0 Å². The first-order valence-electron chi connectivity index (χ1n) is 8.61. The summed E-state index contributed by atoms with van der Waals surface area (Å²) in [7, 11) is 1.59. The second-order valence-corrected chi connectivity index (χ2v) is 7.69. The zero-order valence-electron chi connectivity index (χ0n) is 15.6. The number of hydrogen-bond acceptors (Lipinski definition) is 6. The minimum atomic E-state index is -0.644. The van der Waals surface area contributed by atoms with Crippen molar-refractivity contribution >= 4 is 57.7 Å². The molecule has 0 unspecified atom stereocenters. The standard InChI is InChI=1S/C21H17Cl2NO4S/c1-3-28-21(26)18-19(25)17(10-12-4-7-14(27-2)8-5-12)29-20(18)24-13-6-9-15(22)16(23)11-13/h4-11,25H,3H2,1-2H3/b17-10-,24-20?. The summed E-state index contributed by atoms with van der Waals surface area (Å²) in [6, 6.07) is 12.2. The number of esters is 1. The van der Waals surface area contributed by atoms with Crippen LogP contribution in [0.4, 0.5) is 5.69 Å². The fourth-order valence-corrected chi connectivity index (χ4v) is 3.84. The maximum atomic E-state index is 12.4. The van der Waals surface area contributed by atoms with Gasteiger partial charge in [-0.3, -0.25) is 0 Å². The van der Waals surface area contributed by atoms with Crippen molar-refractivity contribution in [3.05, 3.63) is 74.3 Å². The number of carbonyl (C=O) groups excluding carboxylic acids is 1. The summed E-state index contributed by atoms with van der Waals surface area (Å²) in [6.07, 6.45) is 1.76. The van der Waals surface area contributed by atoms with E-state index < -0.39 is 5.97 Å². The molecule has 0 bridgehead atoms. The molecule has 2 aromatic rings. The van der Waals surface area contributed by atoms with Crippen LogP contribution in [0.25, 0.3) is 6.08 Å². The average molecular weight is 450 g/mol. The molecule has 1 N–H and O–H groups in total. The predicted molar refractivity (Wildman–Crippen MR) is 118 cm³/mol. The van der Waals surface area contributed by atoms with Gasteiger partial charge in [0.15, 0.2) is 0 Å². The largest absolute Gasteiger partial charge is 0.506 e. The Morgan fingerprint density at radius 2 is 1.90 bits per heavy atom. The highest BCUT2D eigenvalue weighted by molar-refractivity contribution is 8.18. The highest BCUT2D eigenvalue weighted by Gasteiger charge is 2.33. The minimum absolute atomic E-state index is 0.0164. The lowest BCUT2D eigenvalue weighted by Crippen LogP contribution is -2.12. The topological polar surface area (TPSA) is 68.1 Å². The Balaban J connectivity index is 2.02. The molecule has 0 spiro atoms. The number of benzene rings is 2. The van der Waals surface area contributed by atoms with Gasteiger partial charge in [-0.15, -0.1) is 0 Å². The highest BCUT2D eigenvalue weighted by Crippen LogP contribution is 2.40. The van der Waals surface area contributed by atoms with Crippen LogP contribution >= 0.6 is 35.0 Å². The number of aliphatic hydroxyl groups excluding tert-OH is 1. The van der Waals surface area contributed by atoms with Crippen LogP contribution in [-0.2, 0) is 9.53 Å². The third-order valence-corrected chi connectivity index (χ3v) is 5.68. The van der Waals surface area contributed by atoms with Gasteiger partial charge in [-0.1, -0.05) is 47.1 Å². The molecule has 1 aliphatic heterocycles. The number of thioether (sulfide) groups is 1. The quantitative estimate of drug-likeness (QED) is 0.550. The summed E-state index contributed by atoms with van der Waals surface area (Å²) in [6.45, 7) is 1.87. The van der Waals surface area contributed by atoms with E-state index in [2.05, 4.69) is 4.99 Å². The van der Waals surface area contributed by atoms with Crippen LogP contribution in [0.2, 0.25) is 10.0 Å². The molecule has 1 aliphatic rings. The van der Waals surface area contributed by atoms with E-state index in [9.17, 15) is 9.90 Å². The van der Waals surface area contributed by atoms with Gasteiger partial charge in [0.05, 0.1) is 34.4 Å². The van der Waals surface area contributed by atoms with Gasteiger partial charge in [0.1, 0.15) is 22.1 Å². The second kappa shape index (κ2) is 9.39. The zero-order chi connectivity index (χ0) is 21.0. The number of aliphatic imine (C=N–C) groups is 1. The van der Waals surface area contributed by atoms with Crippen molar-refractivity contribution in [1.29, 1.82) is 0 Å². The van der Waals surface area contributed by atoms with Crippen LogP contribution in [-0.4, -0.2) is 29.8 Å². The van der Waals surface area contributed by atoms with E-state index in [1.807, 2.05) is 24.3 Å². The number of hydrogen-bond donors (Lipinski definition) is 1. The van der Waals surface area contributed by atoms with Crippen LogP contribution < -0.4 is 4.74 Å². The Kier molecular flexibility index (Phi) is 6.90. The van der Waals surface area contributed by atoms with E-state index in [-0.39, 0.29) is 17.9 Å². The molecular formula is C21H17Cl2NO4S. The molecular weight excluding hydrogens is 433 g/mol. The molecule has 0 saturated heterocycles. The minimum Gasteiger partial charge on any atom is -0.506 e. The summed E-state index contributed by atoms with van der Waals surface area (Å²) in [5.41, 5.74) is 1.35. The van der Waals surface area contributed by atoms with Crippen molar-refractivity contribution in [2.24, 2.45) is 4.99 Å². The molecule has 0 fully saturated rings. The molecule has 0 amide bonds. The Bertz CT molecular complexity index is 1030. The molecule has 0 atom stereocenters. The van der Waals surface area contributed by atoms with Crippen molar-refractivity contribution in [3.8, 4) is 5.75 Å². The second-order valence-electron chi connectivity index (χ2n) is 5.84. The van der Waals surface area contributed by atoms with Crippen molar-refractivity contribution in [2.75, 3.05) is 13.7 Å². The van der Waals surface area contributed by atoms with Crippen molar-refractivity contribution in [3.63, 3.8) is 0 Å². The zero-order valence-corrected chi connectivity index (χ0v) is 17.9. The van der Waals surface area contributed by atoms with Gasteiger partial charge in [-0.05, 0) is 48.9 Å². The molecule has 3 rings (SSSR count). The van der Waals surface area contributed by atoms with Crippen molar-refractivity contribution < 1.29 is 19.4 Å². The fraction of sp³-hybridized carbons (Fsp3) is 0.143. The summed E-state index contributed by atoms with van der Waals surface area (Å²) in [5.74, 6) is -0.0995. The maximum absolute atomic E-state index is 12.4. The number of carbonyl (C=O) groups is 1. The van der Waals surface area contributed by atoms with Gasteiger partial charge in [0.25, 0.3) is 0 Å². The Morgan fingerprint density at radius 3 is 2.52 bits per heavy atom. The molecule has 0 aromatic heterocycles. The lowest BCUT2D eigenvalue weighted by molar-refractivity contribution is -0.138. The molecule has 0 saturated carbocycles. The first kappa shape index (κ1) is 21.3. The molecule has 5 nitrogen and oxygen atoms in total. The van der Waals surface area contributed by atoms with E-state index in [1.54, 1.807) is 38.3 Å². The molecule has 150 valence electrons. The smallest absolute Gasteiger partial charge is 0.344 e. The lowest BCUT2D eigenvalue weighted by Gasteiger charge is -2.04. The van der Waals surface area contributed by atoms with Crippen LogP contribution in [0.1, 0.15) is 12.5 Å². The first-order valence-corrected chi connectivity index (χ1v) is 10.2. The van der Waals surface area contributed by atoms with E-state index in [0.717, 1.165) is 11.3 Å². The Labute approximate surface area is 182 Å². The van der Waals surface area contributed by atoms with Crippen LogP contribution in [0.5, 0.6) is 5.75 Å². The summed E-state index contributed by atoms with van der Waals surface area (Å²) < 4.78 is 10.2. The normalized spacial score (nSPS) is 16.6. The molecule has 2 aromatic carbocycles. The monoisotopic (exact) mass is 449 g/mol. The number of nitrogens with zero attached hydrogens (tertiary/aromatic N) is 1. The molecule has 1 heterocycles. The number of ether oxygens (including phenoxy) is 2. The third-order valence-electron chi connectivity index (χ3n) is 3.92. The third kappa shape index (κ3) is 4.96. The molecule has 8 heteroatoms. The van der Waals surface area contributed by atoms with E-state index in [0.29, 0.717) is 25.7 Å². The lowest BCUT2D eigenvalue weighted by atomic mass is 10.1. The van der Waals surface area contributed by atoms with Crippen LogP contribution in [0, 0.1) is 0 Å². The molecule has 0 aliphatic carbocycles. The van der Waals surface area contributed by atoms with E-state index >= 15 is 0 Å². The van der Waals surface area contributed by atoms with Gasteiger partial charge in [0.2, 0.25) is 0 Å². The van der Waals surface area contributed by atoms with Crippen molar-refractivity contribution in [2.45, 2.75) is 6.92 Å². The van der Waals surface area contributed by atoms with Crippen molar-refractivity contribution in [1.82, 2.24) is 0 Å². The van der Waals surface area contributed by atoms with Gasteiger partial charge >= 0.3 is 5.97 Å². The summed E-state index contributed by atoms with van der Waals surface area (Å²) in [5, 5.41) is 11.8. The van der Waals surface area contributed by atoms with Gasteiger partial charge in [0, 0.05) is 0 Å².